The van der Waals surface area contributed by atoms with E-state index in [1.807, 2.05) is 86.0 Å². The number of aromatic nitrogens is 3. The van der Waals surface area contributed by atoms with Crippen LogP contribution in [0.1, 0.15) is 23.0 Å². The number of hydrogen-bond acceptors (Lipinski definition) is 2. The second kappa shape index (κ2) is 9.37. The maximum absolute atomic E-state index is 13.2. The van der Waals surface area contributed by atoms with Crippen LogP contribution in [0.5, 0.6) is 0 Å². The number of benzene rings is 3. The zero-order chi connectivity index (χ0) is 23.7. The Kier molecular flexibility index (Phi) is 6.14. The highest BCUT2D eigenvalue weighted by atomic mass is 35.5. The van der Waals surface area contributed by atoms with Gasteiger partial charge >= 0.3 is 0 Å². The van der Waals surface area contributed by atoms with Crippen molar-refractivity contribution in [3.05, 3.63) is 100 Å². The van der Waals surface area contributed by atoms with Crippen LogP contribution in [0.4, 0.5) is 0 Å². The minimum Gasteiger partial charge on any atom is -0.351 e. The van der Waals surface area contributed by atoms with Crippen LogP contribution in [0.25, 0.3) is 33.4 Å². The number of H-pyrrole nitrogens is 1. The van der Waals surface area contributed by atoms with Gasteiger partial charge in [0.1, 0.15) is 5.69 Å². The zero-order valence-corrected chi connectivity index (χ0v) is 20.0. The van der Waals surface area contributed by atoms with Gasteiger partial charge in [-0.3, -0.25) is 4.79 Å². The van der Waals surface area contributed by atoms with Crippen LogP contribution in [0.3, 0.4) is 0 Å². The first-order chi connectivity index (χ1) is 16.5. The fourth-order valence-corrected chi connectivity index (χ4v) is 4.49. The van der Waals surface area contributed by atoms with Crippen molar-refractivity contribution >= 4 is 40.0 Å². The van der Waals surface area contributed by atoms with E-state index in [0.717, 1.165) is 39.0 Å². The molecule has 0 bridgehead atoms. The summed E-state index contributed by atoms with van der Waals surface area (Å²) in [5.74, 6) is -0.178. The third-order valence-electron chi connectivity index (χ3n) is 5.71. The summed E-state index contributed by atoms with van der Waals surface area (Å²) in [5, 5.41) is 5.11. The van der Waals surface area contributed by atoms with Crippen molar-refractivity contribution in [2.75, 3.05) is 6.54 Å². The summed E-state index contributed by atoms with van der Waals surface area (Å²) in [7, 11) is 0. The van der Waals surface area contributed by atoms with Crippen LogP contribution in [0.2, 0.25) is 10.0 Å². The number of carbonyl (C=O) groups is 1. The molecule has 0 aliphatic carbocycles. The van der Waals surface area contributed by atoms with Crippen molar-refractivity contribution in [2.45, 2.75) is 13.5 Å². The Morgan fingerprint density at radius 2 is 1.74 bits per heavy atom. The lowest BCUT2D eigenvalue weighted by molar-refractivity contribution is 0.0952. The van der Waals surface area contributed by atoms with Gasteiger partial charge in [0.15, 0.2) is 0 Å². The maximum atomic E-state index is 13.2. The van der Waals surface area contributed by atoms with E-state index in [1.54, 1.807) is 0 Å². The van der Waals surface area contributed by atoms with Gasteiger partial charge in [-0.05, 0) is 36.8 Å². The van der Waals surface area contributed by atoms with E-state index in [9.17, 15) is 4.79 Å². The minimum absolute atomic E-state index is 0.178. The van der Waals surface area contributed by atoms with Crippen molar-refractivity contribution < 1.29 is 4.79 Å². The molecule has 0 aliphatic heterocycles. The number of hydrogen-bond donors (Lipinski definition) is 2. The zero-order valence-electron chi connectivity index (χ0n) is 18.5. The second-order valence-corrected chi connectivity index (χ2v) is 8.86. The highest BCUT2D eigenvalue weighted by molar-refractivity contribution is 6.31. The van der Waals surface area contributed by atoms with Crippen LogP contribution in [-0.4, -0.2) is 27.0 Å². The van der Waals surface area contributed by atoms with Gasteiger partial charge < -0.3 is 14.9 Å². The molecule has 1 amide bonds. The van der Waals surface area contributed by atoms with E-state index >= 15 is 0 Å². The predicted octanol–water partition coefficient (Wildman–Crippen LogP) is 6.80. The first kappa shape index (κ1) is 22.3. The van der Waals surface area contributed by atoms with Gasteiger partial charge in [-0.1, -0.05) is 71.7 Å². The Bertz CT molecular complexity index is 1470. The van der Waals surface area contributed by atoms with Gasteiger partial charge in [0.2, 0.25) is 0 Å². The molecule has 3 aromatic carbocycles. The first-order valence-electron chi connectivity index (χ1n) is 11.0. The lowest BCUT2D eigenvalue weighted by atomic mass is 10.0. The minimum atomic E-state index is -0.178. The van der Waals surface area contributed by atoms with Crippen molar-refractivity contribution in [1.82, 2.24) is 19.9 Å². The monoisotopic (exact) mass is 488 g/mol. The molecule has 0 radical (unpaired) electrons. The molecule has 0 aliphatic rings. The summed E-state index contributed by atoms with van der Waals surface area (Å²) in [5.41, 5.74) is 5.77. The van der Waals surface area contributed by atoms with E-state index < -0.39 is 0 Å². The normalized spacial score (nSPS) is 11.1. The van der Waals surface area contributed by atoms with E-state index in [1.165, 1.54) is 0 Å². The summed E-state index contributed by atoms with van der Waals surface area (Å²) >= 11 is 12.4. The lowest BCUT2D eigenvalue weighted by Gasteiger charge is -2.13. The molecule has 0 atom stereocenters. The van der Waals surface area contributed by atoms with Crippen molar-refractivity contribution in [3.8, 4) is 22.5 Å². The van der Waals surface area contributed by atoms with Gasteiger partial charge in [-0.25, -0.2) is 4.98 Å². The predicted molar refractivity (Wildman–Crippen MR) is 139 cm³/mol. The molecule has 5 aromatic rings. The molecule has 170 valence electrons. The fraction of sp³-hybridized carbons (Fsp3) is 0.111. The van der Waals surface area contributed by atoms with Crippen LogP contribution >= 0.6 is 23.2 Å². The van der Waals surface area contributed by atoms with Crippen molar-refractivity contribution in [3.63, 3.8) is 0 Å². The van der Waals surface area contributed by atoms with Crippen LogP contribution < -0.4 is 5.32 Å². The Labute approximate surface area is 207 Å². The van der Waals surface area contributed by atoms with Gasteiger partial charge in [-0.2, -0.15) is 0 Å². The third kappa shape index (κ3) is 4.20. The fourth-order valence-electron chi connectivity index (χ4n) is 4.19. The number of imidazole rings is 1. The van der Waals surface area contributed by atoms with E-state index in [-0.39, 0.29) is 5.91 Å². The molecule has 5 rings (SSSR count). The lowest BCUT2D eigenvalue weighted by Crippen LogP contribution is -2.23. The largest absolute Gasteiger partial charge is 0.351 e. The SMILES string of the molecule is CCNC(=O)c1[nH]c2cc(Cl)ccc2c1-c1c(-c2ccccc2)ncn1Cc1ccc(Cl)cc1. The standard InChI is InChI=1S/C27H22Cl2N4O/c1-2-30-27(34)25-23(21-13-12-20(29)14-22(21)32-25)26-24(18-6-4-3-5-7-18)31-16-33(26)15-17-8-10-19(28)11-9-17/h3-14,16,32H,2,15H2,1H3,(H,30,34). The van der Waals surface area contributed by atoms with Gasteiger partial charge in [0, 0.05) is 45.2 Å². The van der Waals surface area contributed by atoms with Crippen molar-refractivity contribution in [1.29, 1.82) is 0 Å². The molecule has 7 heteroatoms. The van der Waals surface area contributed by atoms with E-state index in [2.05, 4.69) is 14.9 Å². The van der Waals surface area contributed by atoms with Crippen LogP contribution in [0, 0.1) is 0 Å². The summed E-state index contributed by atoms with van der Waals surface area (Å²) in [6, 6.07) is 23.3. The maximum Gasteiger partial charge on any atom is 0.268 e. The second-order valence-electron chi connectivity index (χ2n) is 7.99. The smallest absolute Gasteiger partial charge is 0.268 e. The van der Waals surface area contributed by atoms with E-state index in [4.69, 9.17) is 28.2 Å². The summed E-state index contributed by atoms with van der Waals surface area (Å²) < 4.78 is 2.07. The molecular formula is C27H22Cl2N4O. The number of carbonyl (C=O) groups excluding carboxylic acids is 1. The first-order valence-corrected chi connectivity index (χ1v) is 11.8. The number of fused-ring (bicyclic) bond motifs is 1. The number of aromatic amines is 1. The third-order valence-corrected chi connectivity index (χ3v) is 6.20. The molecule has 34 heavy (non-hydrogen) atoms. The Hall–Kier alpha value is -3.54. The van der Waals surface area contributed by atoms with Gasteiger partial charge in [0.25, 0.3) is 5.91 Å². The van der Waals surface area contributed by atoms with Crippen molar-refractivity contribution in [2.24, 2.45) is 0 Å². The highest BCUT2D eigenvalue weighted by Crippen LogP contribution is 2.39. The summed E-state index contributed by atoms with van der Waals surface area (Å²) in [6.45, 7) is 2.99. The molecular weight excluding hydrogens is 467 g/mol. The molecule has 0 unspecified atom stereocenters. The molecule has 2 aromatic heterocycles. The number of rotatable bonds is 6. The number of amides is 1. The molecule has 5 nitrogen and oxygen atoms in total. The molecule has 2 heterocycles. The quantitative estimate of drug-likeness (QED) is 0.276. The number of halogens is 2. The number of nitrogens with one attached hydrogen (secondary N) is 2. The molecule has 2 N–H and O–H groups in total. The van der Waals surface area contributed by atoms with Gasteiger partial charge in [0.05, 0.1) is 17.7 Å². The average Bonchev–Trinajstić information content (AvgIpc) is 3.41. The topological polar surface area (TPSA) is 62.7 Å². The molecule has 0 saturated heterocycles. The average molecular weight is 489 g/mol. The Morgan fingerprint density at radius 1 is 1.00 bits per heavy atom. The summed E-state index contributed by atoms with van der Waals surface area (Å²) in [6.07, 6.45) is 1.82. The van der Waals surface area contributed by atoms with Crippen LogP contribution in [0.15, 0.2) is 79.1 Å². The molecule has 0 fully saturated rings. The molecule has 0 spiro atoms. The Morgan fingerprint density at radius 3 is 2.47 bits per heavy atom. The van der Waals surface area contributed by atoms with Gasteiger partial charge in [-0.15, -0.1) is 0 Å². The highest BCUT2D eigenvalue weighted by Gasteiger charge is 2.25. The summed E-state index contributed by atoms with van der Waals surface area (Å²) in [4.78, 5) is 21.2. The van der Waals surface area contributed by atoms with Crippen LogP contribution in [-0.2, 0) is 6.54 Å². The Balaban J connectivity index is 1.78. The van der Waals surface area contributed by atoms with E-state index in [0.29, 0.717) is 28.8 Å². The molecule has 0 saturated carbocycles. The number of nitrogens with zero attached hydrogens (tertiary/aromatic N) is 2.